The van der Waals surface area contributed by atoms with Crippen LogP contribution in [0.5, 0.6) is 0 Å². The Kier molecular flexibility index (Phi) is 2.72. The van der Waals surface area contributed by atoms with Gasteiger partial charge < -0.3 is 5.11 Å². The van der Waals surface area contributed by atoms with E-state index in [1.54, 1.807) is 12.1 Å². The van der Waals surface area contributed by atoms with Crippen LogP contribution in [0, 0.1) is 10.7 Å². The van der Waals surface area contributed by atoms with E-state index >= 15 is 0 Å². The molecule has 0 aliphatic carbocycles. The summed E-state index contributed by atoms with van der Waals surface area (Å²) in [5.41, 5.74) is 0.204. The molecular formula is C8H5NO2S. The van der Waals surface area contributed by atoms with Crippen molar-refractivity contribution in [1.29, 1.82) is 5.26 Å². The highest BCUT2D eigenvalue weighted by Gasteiger charge is 2.02. The van der Waals surface area contributed by atoms with Gasteiger partial charge in [0.25, 0.3) is 0 Å². The molecule has 4 heteroatoms. The smallest absolute Gasteiger partial charge is 0.335 e. The van der Waals surface area contributed by atoms with Crippen LogP contribution in [-0.4, -0.2) is 11.1 Å². The van der Waals surface area contributed by atoms with Crippen molar-refractivity contribution in [2.75, 3.05) is 0 Å². The number of aromatic carboxylic acids is 1. The molecule has 0 fully saturated rings. The molecule has 0 saturated heterocycles. The molecule has 0 spiro atoms. The molecule has 1 N–H and O–H groups in total. The lowest BCUT2D eigenvalue weighted by atomic mass is 10.2. The Morgan fingerprint density at radius 1 is 1.58 bits per heavy atom. The molecule has 0 radical (unpaired) electrons. The standard InChI is InChI=1S/C8H5NO2S/c9-5-12-7-3-1-2-6(4-7)8(10)11/h1-4H,(H,10,11). The number of nitriles is 1. The molecule has 0 amide bonds. The van der Waals surface area contributed by atoms with Crippen LogP contribution in [-0.2, 0) is 0 Å². The summed E-state index contributed by atoms with van der Waals surface area (Å²) in [6, 6.07) is 6.27. The van der Waals surface area contributed by atoms with Crippen molar-refractivity contribution in [3.8, 4) is 5.40 Å². The van der Waals surface area contributed by atoms with Gasteiger partial charge in [0, 0.05) is 4.90 Å². The summed E-state index contributed by atoms with van der Waals surface area (Å²) in [4.78, 5) is 11.1. The van der Waals surface area contributed by atoms with Crippen molar-refractivity contribution >= 4 is 17.7 Å². The van der Waals surface area contributed by atoms with Gasteiger partial charge in [0.15, 0.2) is 0 Å². The van der Waals surface area contributed by atoms with Crippen molar-refractivity contribution < 1.29 is 9.90 Å². The van der Waals surface area contributed by atoms with Gasteiger partial charge in [-0.1, -0.05) is 6.07 Å². The third kappa shape index (κ3) is 2.01. The highest BCUT2D eigenvalue weighted by Crippen LogP contribution is 2.17. The van der Waals surface area contributed by atoms with Crippen LogP contribution >= 0.6 is 11.8 Å². The van der Waals surface area contributed by atoms with Gasteiger partial charge in [-0.3, -0.25) is 0 Å². The SMILES string of the molecule is N#CSc1cccc(C(=O)O)c1. The number of hydrogen-bond donors (Lipinski definition) is 1. The van der Waals surface area contributed by atoms with E-state index < -0.39 is 5.97 Å². The second-order valence-corrected chi connectivity index (χ2v) is 2.88. The lowest BCUT2D eigenvalue weighted by Gasteiger charge is -1.95. The highest BCUT2D eigenvalue weighted by atomic mass is 32.2. The number of benzene rings is 1. The van der Waals surface area contributed by atoms with Crippen LogP contribution in [0.15, 0.2) is 29.2 Å². The van der Waals surface area contributed by atoms with E-state index in [4.69, 9.17) is 10.4 Å². The maximum absolute atomic E-state index is 10.5. The molecule has 1 aromatic carbocycles. The number of rotatable bonds is 2. The van der Waals surface area contributed by atoms with Gasteiger partial charge in [-0.2, -0.15) is 5.26 Å². The maximum atomic E-state index is 10.5. The summed E-state index contributed by atoms with van der Waals surface area (Å²) in [7, 11) is 0. The Morgan fingerprint density at radius 2 is 2.33 bits per heavy atom. The van der Waals surface area contributed by atoms with E-state index in [2.05, 4.69) is 0 Å². The van der Waals surface area contributed by atoms with E-state index in [-0.39, 0.29) is 5.56 Å². The molecule has 0 aromatic heterocycles. The minimum atomic E-state index is -0.976. The number of hydrogen-bond acceptors (Lipinski definition) is 3. The maximum Gasteiger partial charge on any atom is 0.335 e. The number of carboxylic acids is 1. The fraction of sp³-hybridized carbons (Fsp3) is 0. The third-order valence-corrected chi connectivity index (χ3v) is 1.83. The highest BCUT2D eigenvalue weighted by molar-refractivity contribution is 8.03. The van der Waals surface area contributed by atoms with Gasteiger partial charge in [-0.25, -0.2) is 4.79 Å². The molecule has 12 heavy (non-hydrogen) atoms. The quantitative estimate of drug-likeness (QED) is 0.556. The lowest BCUT2D eigenvalue weighted by Crippen LogP contribution is -1.94. The van der Waals surface area contributed by atoms with Crippen LogP contribution in [0.4, 0.5) is 0 Å². The predicted octanol–water partition coefficient (Wildman–Crippen LogP) is 1.96. The average Bonchev–Trinajstić information content (AvgIpc) is 2.05. The summed E-state index contributed by atoms with van der Waals surface area (Å²) in [5, 5.41) is 18.8. The molecule has 0 aliphatic rings. The molecule has 1 rings (SSSR count). The van der Waals surface area contributed by atoms with Gasteiger partial charge >= 0.3 is 5.97 Å². The number of thioether (sulfide) groups is 1. The molecule has 0 heterocycles. The molecule has 0 atom stereocenters. The Balaban J connectivity index is 2.97. The fourth-order valence-electron chi connectivity index (χ4n) is 0.745. The van der Waals surface area contributed by atoms with Crippen molar-refractivity contribution in [2.45, 2.75) is 4.90 Å². The van der Waals surface area contributed by atoms with E-state index in [0.717, 1.165) is 11.8 Å². The van der Waals surface area contributed by atoms with Crippen LogP contribution in [0.3, 0.4) is 0 Å². The van der Waals surface area contributed by atoms with E-state index in [1.165, 1.54) is 12.1 Å². The second-order valence-electron chi connectivity index (χ2n) is 2.03. The fourth-order valence-corrected chi connectivity index (χ4v) is 1.18. The molecule has 0 saturated carbocycles. The molecule has 0 unspecified atom stereocenters. The average molecular weight is 179 g/mol. The van der Waals surface area contributed by atoms with E-state index in [0.29, 0.717) is 4.90 Å². The summed E-state index contributed by atoms with van der Waals surface area (Å²) in [6.45, 7) is 0. The van der Waals surface area contributed by atoms with Crippen LogP contribution in [0.1, 0.15) is 10.4 Å². The van der Waals surface area contributed by atoms with Gasteiger partial charge in [0.05, 0.1) is 5.56 Å². The monoisotopic (exact) mass is 179 g/mol. The molecule has 0 bridgehead atoms. The normalized spacial score (nSPS) is 8.92. The van der Waals surface area contributed by atoms with Gasteiger partial charge in [0.1, 0.15) is 5.40 Å². The second kappa shape index (κ2) is 3.79. The van der Waals surface area contributed by atoms with E-state index in [1.807, 2.05) is 5.40 Å². The summed E-state index contributed by atoms with van der Waals surface area (Å²) in [6.07, 6.45) is 0. The largest absolute Gasteiger partial charge is 0.478 e. The number of thiocyanates is 1. The molecule has 1 aromatic rings. The zero-order chi connectivity index (χ0) is 8.97. The summed E-state index contributed by atoms with van der Waals surface area (Å²) >= 11 is 0.949. The van der Waals surface area contributed by atoms with Crippen LogP contribution in [0.25, 0.3) is 0 Å². The van der Waals surface area contributed by atoms with Gasteiger partial charge in [-0.05, 0) is 30.0 Å². The van der Waals surface area contributed by atoms with Crippen molar-refractivity contribution in [3.05, 3.63) is 29.8 Å². The van der Waals surface area contributed by atoms with E-state index in [9.17, 15) is 4.79 Å². The van der Waals surface area contributed by atoms with Crippen molar-refractivity contribution in [1.82, 2.24) is 0 Å². The molecular weight excluding hydrogens is 174 g/mol. The number of nitrogens with zero attached hydrogens (tertiary/aromatic N) is 1. The molecule has 60 valence electrons. The Hall–Kier alpha value is -1.47. The number of carbonyl (C=O) groups is 1. The summed E-state index contributed by atoms with van der Waals surface area (Å²) in [5.74, 6) is -0.976. The first-order valence-corrected chi connectivity index (χ1v) is 3.95. The first kappa shape index (κ1) is 8.62. The Morgan fingerprint density at radius 3 is 2.92 bits per heavy atom. The van der Waals surface area contributed by atoms with Gasteiger partial charge in [0.2, 0.25) is 0 Å². The van der Waals surface area contributed by atoms with Gasteiger partial charge in [-0.15, -0.1) is 0 Å². The molecule has 3 nitrogen and oxygen atoms in total. The zero-order valence-corrected chi connectivity index (χ0v) is 6.84. The Bertz CT molecular complexity index is 343. The topological polar surface area (TPSA) is 61.1 Å². The third-order valence-electron chi connectivity index (χ3n) is 1.24. The predicted molar refractivity (Wildman–Crippen MR) is 44.9 cm³/mol. The Labute approximate surface area is 73.6 Å². The lowest BCUT2D eigenvalue weighted by molar-refractivity contribution is 0.0696. The van der Waals surface area contributed by atoms with Crippen LogP contribution in [0.2, 0.25) is 0 Å². The minimum absolute atomic E-state index is 0.204. The number of carboxylic acid groups (broad SMARTS) is 1. The summed E-state index contributed by atoms with van der Waals surface area (Å²) < 4.78 is 0. The first-order valence-electron chi connectivity index (χ1n) is 3.13. The van der Waals surface area contributed by atoms with Crippen molar-refractivity contribution in [2.24, 2.45) is 0 Å². The first-order chi connectivity index (χ1) is 5.74. The zero-order valence-electron chi connectivity index (χ0n) is 6.02. The van der Waals surface area contributed by atoms with Crippen molar-refractivity contribution in [3.63, 3.8) is 0 Å². The molecule has 0 aliphatic heterocycles. The minimum Gasteiger partial charge on any atom is -0.478 e. The van der Waals surface area contributed by atoms with Crippen LogP contribution < -0.4 is 0 Å².